The molecule has 0 saturated heterocycles. The summed E-state index contributed by atoms with van der Waals surface area (Å²) in [6, 6.07) is 8.38. The fourth-order valence-corrected chi connectivity index (χ4v) is 8.15. The molecule has 1 aromatic carbocycles. The van der Waals surface area contributed by atoms with Crippen LogP contribution in [0.2, 0.25) is 5.02 Å². The summed E-state index contributed by atoms with van der Waals surface area (Å²) in [5, 5.41) is 10.9. The number of rotatable bonds is 3. The van der Waals surface area contributed by atoms with Crippen molar-refractivity contribution in [2.45, 2.75) is 76.3 Å². The molecule has 0 unspecified atom stereocenters. The van der Waals surface area contributed by atoms with E-state index < -0.39 is 0 Å². The van der Waals surface area contributed by atoms with E-state index in [-0.39, 0.29) is 11.5 Å². The Morgan fingerprint density at radius 2 is 1.92 bits per heavy atom. The lowest BCUT2D eigenvalue weighted by atomic mass is 9.93. The molecule has 6 nitrogen and oxygen atoms in total. The molecule has 0 radical (unpaired) electrons. The minimum absolute atomic E-state index is 0.00408. The fourth-order valence-electron chi connectivity index (χ4n) is 6.46. The number of amides is 1. The molecular weight excluding hydrogens is 490 g/mol. The number of nitrogens with zero attached hydrogens (tertiary/aromatic N) is 5. The molecule has 3 heterocycles. The van der Waals surface area contributed by atoms with E-state index in [4.69, 9.17) is 16.6 Å². The Bertz CT molecular complexity index is 1410. The maximum absolute atomic E-state index is 13.6. The van der Waals surface area contributed by atoms with Crippen molar-refractivity contribution in [1.82, 2.24) is 19.7 Å². The molecule has 8 heteroatoms. The van der Waals surface area contributed by atoms with Crippen LogP contribution in [0.3, 0.4) is 0 Å². The first-order valence-corrected chi connectivity index (χ1v) is 14.4. The SMILES string of the molecule is Cc1nnc2n1-c1sc3c(c1C(c1ccccc1Cl)=NC21CC1)C[C@H](C(=O)N(C)C1CCCCC1)C3. The standard InChI is InChI=1S/C28H30ClN5OS/c1-16-31-32-27-28(12-13-28)30-24(19-10-6-7-11-21(19)29)23-20-14-17(15-22(20)36-26(23)34(16)27)25(35)33(2)18-8-4-3-5-9-18/h6-7,10-11,17-18H,3-5,8-9,12-15H2,1-2H3/t17-/m0/s1. The van der Waals surface area contributed by atoms with Crippen LogP contribution in [-0.2, 0) is 23.2 Å². The van der Waals surface area contributed by atoms with E-state index in [0.29, 0.717) is 17.0 Å². The van der Waals surface area contributed by atoms with Crippen molar-refractivity contribution in [3.63, 3.8) is 0 Å². The van der Waals surface area contributed by atoms with Gasteiger partial charge in [0, 0.05) is 40.0 Å². The van der Waals surface area contributed by atoms with Crippen LogP contribution in [0, 0.1) is 12.8 Å². The van der Waals surface area contributed by atoms with Crippen LogP contribution in [0.4, 0.5) is 0 Å². The van der Waals surface area contributed by atoms with Gasteiger partial charge in [0.05, 0.1) is 5.71 Å². The predicted octanol–water partition coefficient (Wildman–Crippen LogP) is 5.64. The monoisotopic (exact) mass is 519 g/mol. The van der Waals surface area contributed by atoms with Gasteiger partial charge in [0.25, 0.3) is 0 Å². The zero-order valence-corrected chi connectivity index (χ0v) is 22.3. The van der Waals surface area contributed by atoms with Gasteiger partial charge in [-0.15, -0.1) is 21.5 Å². The molecule has 4 aliphatic rings. The van der Waals surface area contributed by atoms with Crippen molar-refractivity contribution in [2.24, 2.45) is 10.9 Å². The van der Waals surface area contributed by atoms with Gasteiger partial charge in [0.15, 0.2) is 5.82 Å². The van der Waals surface area contributed by atoms with Crippen molar-refractivity contribution in [3.05, 3.63) is 62.5 Å². The average molecular weight is 520 g/mol. The zero-order valence-electron chi connectivity index (χ0n) is 20.8. The number of carbonyl (C=O) groups excluding carboxylic acids is 1. The second kappa shape index (κ2) is 8.25. The van der Waals surface area contributed by atoms with Gasteiger partial charge in [-0.3, -0.25) is 14.4 Å². The summed E-state index contributed by atoms with van der Waals surface area (Å²) in [6.45, 7) is 2.02. The summed E-state index contributed by atoms with van der Waals surface area (Å²) in [6.07, 6.45) is 9.49. The van der Waals surface area contributed by atoms with E-state index in [1.807, 2.05) is 32.2 Å². The number of thiophene rings is 1. The molecule has 0 bridgehead atoms. The minimum atomic E-state index is -0.337. The van der Waals surface area contributed by atoms with E-state index in [1.165, 1.54) is 29.7 Å². The molecule has 36 heavy (non-hydrogen) atoms. The molecule has 2 fully saturated rings. The molecule has 2 aromatic heterocycles. The summed E-state index contributed by atoms with van der Waals surface area (Å²) in [4.78, 5) is 22.4. The van der Waals surface area contributed by atoms with Crippen LogP contribution in [0.5, 0.6) is 0 Å². The topological polar surface area (TPSA) is 63.4 Å². The van der Waals surface area contributed by atoms with Gasteiger partial charge in [-0.1, -0.05) is 49.1 Å². The quantitative estimate of drug-likeness (QED) is 0.450. The molecule has 3 aliphatic carbocycles. The van der Waals surface area contributed by atoms with Crippen LogP contribution < -0.4 is 0 Å². The fraction of sp³-hybridized carbons (Fsp3) is 0.500. The third-order valence-electron chi connectivity index (χ3n) is 8.63. The van der Waals surface area contributed by atoms with Gasteiger partial charge < -0.3 is 4.90 Å². The highest BCUT2D eigenvalue weighted by Crippen LogP contribution is 2.54. The van der Waals surface area contributed by atoms with Crippen molar-refractivity contribution < 1.29 is 4.79 Å². The van der Waals surface area contributed by atoms with Crippen LogP contribution in [-0.4, -0.2) is 44.4 Å². The lowest BCUT2D eigenvalue weighted by Gasteiger charge is -2.33. The second-order valence-corrected chi connectivity index (χ2v) is 12.4. The Morgan fingerprint density at radius 1 is 1.14 bits per heavy atom. The Balaban J connectivity index is 1.33. The number of fused-ring (bicyclic) bond motifs is 6. The number of carbonyl (C=O) groups is 1. The Hall–Kier alpha value is -2.51. The molecule has 0 N–H and O–H groups in total. The van der Waals surface area contributed by atoms with Crippen molar-refractivity contribution >= 4 is 34.6 Å². The van der Waals surface area contributed by atoms with Gasteiger partial charge in [-0.05, 0) is 57.1 Å². The van der Waals surface area contributed by atoms with E-state index in [1.54, 1.807) is 11.3 Å². The van der Waals surface area contributed by atoms with E-state index >= 15 is 0 Å². The number of aromatic nitrogens is 3. The molecule has 7 rings (SSSR count). The summed E-state index contributed by atoms with van der Waals surface area (Å²) >= 11 is 8.55. The van der Waals surface area contributed by atoms with Crippen molar-refractivity contribution in [2.75, 3.05) is 7.05 Å². The number of aliphatic imine (C=N–C) groups is 1. The molecule has 1 amide bonds. The van der Waals surface area contributed by atoms with Gasteiger partial charge in [-0.25, -0.2) is 0 Å². The minimum Gasteiger partial charge on any atom is -0.343 e. The summed E-state index contributed by atoms with van der Waals surface area (Å²) < 4.78 is 2.23. The third-order valence-corrected chi connectivity index (χ3v) is 10.2. The number of aryl methyl sites for hydroxylation is 1. The maximum atomic E-state index is 13.6. The first kappa shape index (κ1) is 22.7. The van der Waals surface area contributed by atoms with E-state index in [9.17, 15) is 4.79 Å². The Morgan fingerprint density at radius 3 is 2.67 bits per heavy atom. The highest BCUT2D eigenvalue weighted by Gasteiger charge is 2.52. The summed E-state index contributed by atoms with van der Waals surface area (Å²) in [5.41, 5.74) is 3.96. The maximum Gasteiger partial charge on any atom is 0.226 e. The molecule has 1 spiro atoms. The normalized spacial score (nSPS) is 22.0. The summed E-state index contributed by atoms with van der Waals surface area (Å²) in [7, 11) is 2.02. The lowest BCUT2D eigenvalue weighted by molar-refractivity contribution is -0.136. The number of hydrogen-bond acceptors (Lipinski definition) is 5. The van der Waals surface area contributed by atoms with Crippen LogP contribution in [0.25, 0.3) is 5.00 Å². The van der Waals surface area contributed by atoms with Gasteiger partial charge in [-0.2, -0.15) is 0 Å². The number of halogens is 1. The van der Waals surface area contributed by atoms with Crippen LogP contribution in [0.1, 0.15) is 78.2 Å². The van der Waals surface area contributed by atoms with E-state index in [0.717, 1.165) is 72.0 Å². The first-order chi connectivity index (χ1) is 17.5. The van der Waals surface area contributed by atoms with Crippen LogP contribution >= 0.6 is 22.9 Å². The molecular formula is C28H30ClN5OS. The second-order valence-electron chi connectivity index (χ2n) is 10.9. The Labute approximate surface area is 220 Å². The van der Waals surface area contributed by atoms with Gasteiger partial charge in [0.2, 0.25) is 5.91 Å². The van der Waals surface area contributed by atoms with Crippen molar-refractivity contribution in [3.8, 4) is 5.00 Å². The first-order valence-electron chi connectivity index (χ1n) is 13.2. The van der Waals surface area contributed by atoms with Crippen molar-refractivity contribution in [1.29, 1.82) is 0 Å². The average Bonchev–Trinajstić information content (AvgIpc) is 3.23. The van der Waals surface area contributed by atoms with Crippen LogP contribution in [0.15, 0.2) is 29.3 Å². The Kier molecular flexibility index (Phi) is 5.20. The predicted molar refractivity (Wildman–Crippen MR) is 143 cm³/mol. The lowest BCUT2D eigenvalue weighted by Crippen LogP contribution is -2.42. The number of hydrogen-bond donors (Lipinski definition) is 0. The molecule has 1 atom stereocenters. The smallest absolute Gasteiger partial charge is 0.226 e. The molecule has 2 saturated carbocycles. The van der Waals surface area contributed by atoms with Gasteiger partial charge in [0.1, 0.15) is 16.4 Å². The largest absolute Gasteiger partial charge is 0.343 e. The molecule has 1 aliphatic heterocycles. The highest BCUT2D eigenvalue weighted by atomic mass is 35.5. The number of benzene rings is 1. The third kappa shape index (κ3) is 3.35. The zero-order chi connectivity index (χ0) is 24.6. The molecule has 3 aromatic rings. The van der Waals surface area contributed by atoms with E-state index in [2.05, 4.69) is 25.7 Å². The molecule has 186 valence electrons. The highest BCUT2D eigenvalue weighted by molar-refractivity contribution is 7.15. The summed E-state index contributed by atoms with van der Waals surface area (Å²) in [5.74, 6) is 2.12. The van der Waals surface area contributed by atoms with Gasteiger partial charge >= 0.3 is 0 Å².